The monoisotopic (exact) mass is 421 g/mol. The zero-order valence-electron chi connectivity index (χ0n) is 12.2. The first-order valence-corrected chi connectivity index (χ1v) is 10.5. The first kappa shape index (κ1) is 17.9. The van der Waals surface area contributed by atoms with Crippen LogP contribution in [0.25, 0.3) is 0 Å². The second-order valence-electron chi connectivity index (χ2n) is 4.95. The van der Waals surface area contributed by atoms with Crippen molar-refractivity contribution in [3.8, 4) is 0 Å². The van der Waals surface area contributed by atoms with E-state index in [2.05, 4.69) is 20.7 Å². The van der Waals surface area contributed by atoms with Crippen LogP contribution < -0.4 is 4.72 Å². The molecule has 0 aliphatic heterocycles. The lowest BCUT2D eigenvalue weighted by atomic mass is 10.2. The molecule has 2 aromatic rings. The number of anilines is 1. The molecule has 124 valence electrons. The number of benzene rings is 2. The Morgan fingerprint density at radius 2 is 1.61 bits per heavy atom. The maximum absolute atomic E-state index is 14.1. The summed E-state index contributed by atoms with van der Waals surface area (Å²) in [4.78, 5) is -0.279. The van der Waals surface area contributed by atoms with Gasteiger partial charge in [0.25, 0.3) is 10.0 Å². The van der Waals surface area contributed by atoms with Crippen LogP contribution in [0.4, 0.5) is 10.1 Å². The molecular weight excluding hydrogens is 409 g/mol. The summed E-state index contributed by atoms with van der Waals surface area (Å²) in [6.45, 7) is 1.81. The van der Waals surface area contributed by atoms with E-state index in [-0.39, 0.29) is 20.0 Å². The molecule has 0 aromatic heterocycles. The Balaban J connectivity index is 2.44. The number of sulfonamides is 1. The second-order valence-corrected chi connectivity index (χ2v) is 9.47. The number of hydrogen-bond donors (Lipinski definition) is 1. The van der Waals surface area contributed by atoms with Crippen molar-refractivity contribution in [2.75, 3.05) is 11.0 Å². The van der Waals surface area contributed by atoms with Crippen LogP contribution in [0.15, 0.2) is 50.7 Å². The van der Waals surface area contributed by atoms with Gasteiger partial charge in [0.2, 0.25) is 0 Å². The topological polar surface area (TPSA) is 80.3 Å². The SMILES string of the molecule is Cc1ccc(S(=O)(=O)Nc2cc(Br)c(S(C)(=O)=O)cc2F)cc1. The number of nitrogens with one attached hydrogen (secondary N) is 1. The fourth-order valence-corrected chi connectivity index (χ4v) is 4.83. The number of halogens is 2. The average Bonchev–Trinajstić information content (AvgIpc) is 2.41. The van der Waals surface area contributed by atoms with Crippen LogP contribution in [-0.4, -0.2) is 23.1 Å². The molecule has 5 nitrogen and oxygen atoms in total. The summed E-state index contributed by atoms with van der Waals surface area (Å²) in [5, 5.41) is 0. The van der Waals surface area contributed by atoms with Gasteiger partial charge in [-0.3, -0.25) is 4.72 Å². The van der Waals surface area contributed by atoms with Crippen molar-refractivity contribution in [3.63, 3.8) is 0 Å². The largest absolute Gasteiger partial charge is 0.277 e. The highest BCUT2D eigenvalue weighted by atomic mass is 79.9. The maximum atomic E-state index is 14.1. The third-order valence-corrected chi connectivity index (χ3v) is 6.43. The van der Waals surface area contributed by atoms with Crippen molar-refractivity contribution < 1.29 is 21.2 Å². The third-order valence-electron chi connectivity index (χ3n) is 3.00. The van der Waals surface area contributed by atoms with E-state index in [1.807, 2.05) is 6.92 Å². The minimum absolute atomic E-state index is 0.0224. The summed E-state index contributed by atoms with van der Waals surface area (Å²) in [6.07, 6.45) is 0.933. The average molecular weight is 422 g/mol. The van der Waals surface area contributed by atoms with Crippen molar-refractivity contribution in [3.05, 3.63) is 52.3 Å². The molecule has 0 aliphatic rings. The predicted molar refractivity (Wildman–Crippen MR) is 89.2 cm³/mol. The van der Waals surface area contributed by atoms with Crippen LogP contribution in [0.2, 0.25) is 0 Å². The number of rotatable bonds is 4. The fraction of sp³-hybridized carbons (Fsp3) is 0.143. The molecule has 23 heavy (non-hydrogen) atoms. The molecule has 0 saturated carbocycles. The molecule has 0 heterocycles. The predicted octanol–water partition coefficient (Wildman–Crippen LogP) is 3.10. The fourth-order valence-electron chi connectivity index (χ4n) is 1.81. The van der Waals surface area contributed by atoms with Crippen molar-refractivity contribution in [1.29, 1.82) is 0 Å². The van der Waals surface area contributed by atoms with Crippen molar-refractivity contribution >= 4 is 41.5 Å². The molecule has 0 radical (unpaired) electrons. The minimum atomic E-state index is -3.98. The summed E-state index contributed by atoms with van der Waals surface area (Å²) in [5.74, 6) is -0.982. The molecule has 0 bridgehead atoms. The summed E-state index contributed by atoms with van der Waals surface area (Å²) < 4.78 is 63.8. The number of hydrogen-bond acceptors (Lipinski definition) is 4. The molecular formula is C14H13BrFNO4S2. The van der Waals surface area contributed by atoms with Gasteiger partial charge >= 0.3 is 0 Å². The normalized spacial score (nSPS) is 12.2. The highest BCUT2D eigenvalue weighted by Gasteiger charge is 2.20. The molecule has 0 aliphatic carbocycles. The van der Waals surface area contributed by atoms with Crippen LogP contribution in [0.3, 0.4) is 0 Å². The van der Waals surface area contributed by atoms with E-state index < -0.39 is 25.7 Å². The van der Waals surface area contributed by atoms with Gasteiger partial charge in [0.05, 0.1) is 15.5 Å². The Morgan fingerprint density at radius 3 is 2.13 bits per heavy atom. The minimum Gasteiger partial charge on any atom is -0.277 e. The molecule has 0 fully saturated rings. The third kappa shape index (κ3) is 4.10. The van der Waals surface area contributed by atoms with Gasteiger partial charge in [0, 0.05) is 10.7 Å². The van der Waals surface area contributed by atoms with Gasteiger partial charge in [-0.05, 0) is 47.1 Å². The highest BCUT2D eigenvalue weighted by Crippen LogP contribution is 2.29. The maximum Gasteiger partial charge on any atom is 0.261 e. The summed E-state index contributed by atoms with van der Waals surface area (Å²) in [7, 11) is -7.62. The summed E-state index contributed by atoms with van der Waals surface area (Å²) in [5.41, 5.74) is 0.542. The number of aryl methyl sites for hydroxylation is 1. The van der Waals surface area contributed by atoms with Crippen LogP contribution >= 0.6 is 15.9 Å². The van der Waals surface area contributed by atoms with Crippen molar-refractivity contribution in [1.82, 2.24) is 0 Å². The molecule has 2 aromatic carbocycles. The Bertz CT molecular complexity index is 955. The van der Waals surface area contributed by atoms with Crippen LogP contribution in [-0.2, 0) is 19.9 Å². The Hall–Kier alpha value is -1.45. The second kappa shape index (κ2) is 6.21. The van der Waals surface area contributed by atoms with E-state index in [9.17, 15) is 21.2 Å². The van der Waals surface area contributed by atoms with Gasteiger partial charge in [-0.25, -0.2) is 21.2 Å². The molecule has 1 N–H and O–H groups in total. The van der Waals surface area contributed by atoms with Crippen LogP contribution in [0.5, 0.6) is 0 Å². The number of sulfone groups is 1. The zero-order chi connectivity index (χ0) is 17.4. The molecule has 0 atom stereocenters. The smallest absolute Gasteiger partial charge is 0.261 e. The van der Waals surface area contributed by atoms with Gasteiger partial charge in [-0.15, -0.1) is 0 Å². The lowest BCUT2D eigenvalue weighted by Crippen LogP contribution is -2.14. The Labute approximate surface area is 142 Å². The highest BCUT2D eigenvalue weighted by molar-refractivity contribution is 9.10. The molecule has 0 unspecified atom stereocenters. The summed E-state index contributed by atoms with van der Waals surface area (Å²) in [6, 6.07) is 7.88. The zero-order valence-corrected chi connectivity index (χ0v) is 15.4. The van der Waals surface area contributed by atoms with Crippen LogP contribution in [0.1, 0.15) is 5.56 Å². The first-order valence-electron chi connectivity index (χ1n) is 6.29. The van der Waals surface area contributed by atoms with E-state index in [4.69, 9.17) is 0 Å². The van der Waals surface area contributed by atoms with E-state index >= 15 is 0 Å². The van der Waals surface area contributed by atoms with E-state index in [1.54, 1.807) is 12.1 Å². The quantitative estimate of drug-likeness (QED) is 0.821. The molecule has 9 heteroatoms. The summed E-state index contributed by atoms with van der Waals surface area (Å²) >= 11 is 3.01. The standard InChI is InChI=1S/C14H13BrFNO4S2/c1-9-3-5-10(6-4-9)23(20,21)17-13-7-11(15)14(8-12(13)16)22(2,18)19/h3-8,17H,1-2H3. The lowest BCUT2D eigenvalue weighted by molar-refractivity contribution is 0.594. The Kier molecular flexibility index (Phi) is 4.84. The van der Waals surface area contributed by atoms with Gasteiger partial charge < -0.3 is 0 Å². The van der Waals surface area contributed by atoms with Crippen LogP contribution in [0, 0.1) is 12.7 Å². The Morgan fingerprint density at radius 1 is 1.04 bits per heavy atom. The van der Waals surface area contributed by atoms with Crippen molar-refractivity contribution in [2.45, 2.75) is 16.7 Å². The van der Waals surface area contributed by atoms with E-state index in [0.29, 0.717) is 0 Å². The molecule has 2 rings (SSSR count). The first-order chi connectivity index (χ1) is 10.5. The van der Waals surface area contributed by atoms with E-state index in [1.165, 1.54) is 12.1 Å². The van der Waals surface area contributed by atoms with Gasteiger partial charge in [0.1, 0.15) is 5.82 Å². The van der Waals surface area contributed by atoms with Gasteiger partial charge in [0.15, 0.2) is 9.84 Å². The molecule has 0 amide bonds. The van der Waals surface area contributed by atoms with Gasteiger partial charge in [-0.2, -0.15) is 0 Å². The molecule has 0 saturated heterocycles. The van der Waals surface area contributed by atoms with E-state index in [0.717, 1.165) is 24.0 Å². The van der Waals surface area contributed by atoms with Crippen molar-refractivity contribution in [2.24, 2.45) is 0 Å². The van der Waals surface area contributed by atoms with Gasteiger partial charge in [-0.1, -0.05) is 17.7 Å². The molecule has 0 spiro atoms. The lowest BCUT2D eigenvalue weighted by Gasteiger charge is -2.11.